The number of piperidine rings is 1. The quantitative estimate of drug-likeness (QED) is 0.843. The Morgan fingerprint density at radius 1 is 1.05 bits per heavy atom. The smallest absolute Gasteiger partial charge is 0.225 e. The van der Waals surface area contributed by atoms with Gasteiger partial charge in [-0.25, -0.2) is 0 Å². The summed E-state index contributed by atoms with van der Waals surface area (Å²) >= 11 is 0. The maximum absolute atomic E-state index is 12.0. The van der Waals surface area contributed by atoms with Crippen molar-refractivity contribution >= 4 is 5.91 Å². The molecule has 1 saturated carbocycles. The van der Waals surface area contributed by atoms with E-state index in [-0.39, 0.29) is 6.04 Å². The van der Waals surface area contributed by atoms with E-state index in [1.165, 1.54) is 0 Å². The zero-order valence-electron chi connectivity index (χ0n) is 12.6. The Morgan fingerprint density at radius 2 is 1.65 bits per heavy atom. The highest BCUT2D eigenvalue weighted by Gasteiger charge is 2.35. The molecule has 0 bridgehead atoms. The maximum atomic E-state index is 12.0. The lowest BCUT2D eigenvalue weighted by Crippen LogP contribution is -2.54. The summed E-state index contributed by atoms with van der Waals surface area (Å²) in [5.41, 5.74) is 0. The first kappa shape index (κ1) is 14.3. The molecule has 1 amide bonds. The number of nitrogens with zero attached hydrogens (tertiary/aromatic N) is 1. The molecule has 3 rings (SSSR count). The first-order chi connectivity index (χ1) is 9.53. The van der Waals surface area contributed by atoms with Crippen LogP contribution >= 0.6 is 0 Å². The predicted molar refractivity (Wildman–Crippen MR) is 75.2 cm³/mol. The highest BCUT2D eigenvalue weighted by atomic mass is 16.7. The number of nitrogens with one attached hydrogen (secondary N) is 1. The van der Waals surface area contributed by atoms with Gasteiger partial charge in [0.25, 0.3) is 0 Å². The average Bonchev–Trinajstić information content (AvgIpc) is 3.26. The molecule has 0 atom stereocenters. The topological polar surface area (TPSA) is 50.8 Å². The molecule has 0 radical (unpaired) electrons. The van der Waals surface area contributed by atoms with Crippen LogP contribution in [0.25, 0.3) is 0 Å². The van der Waals surface area contributed by atoms with Gasteiger partial charge in [0.1, 0.15) is 0 Å². The van der Waals surface area contributed by atoms with E-state index in [1.54, 1.807) is 0 Å². The third-order valence-corrected chi connectivity index (χ3v) is 4.47. The van der Waals surface area contributed by atoms with E-state index in [1.807, 2.05) is 18.7 Å². The molecule has 1 N–H and O–H groups in total. The summed E-state index contributed by atoms with van der Waals surface area (Å²) in [6.07, 6.45) is 4.28. The molecule has 20 heavy (non-hydrogen) atoms. The van der Waals surface area contributed by atoms with E-state index in [0.29, 0.717) is 31.1 Å². The summed E-state index contributed by atoms with van der Waals surface area (Å²) in [6, 6.07) is 0.760. The molecule has 2 aliphatic heterocycles. The number of rotatable bonds is 3. The summed E-state index contributed by atoms with van der Waals surface area (Å²) in [4.78, 5) is 14.0. The lowest BCUT2D eigenvalue weighted by molar-refractivity contribution is -0.253. The molecule has 5 heteroatoms. The molecule has 0 unspecified atom stereocenters. The van der Waals surface area contributed by atoms with Crippen LogP contribution < -0.4 is 5.32 Å². The van der Waals surface area contributed by atoms with Crippen molar-refractivity contribution in [1.82, 2.24) is 10.2 Å². The zero-order chi connectivity index (χ0) is 14.2. The third kappa shape index (κ3) is 3.51. The third-order valence-electron chi connectivity index (χ3n) is 4.47. The number of hydrogen-bond donors (Lipinski definition) is 1. The van der Waals surface area contributed by atoms with E-state index in [2.05, 4.69) is 5.32 Å². The largest absolute Gasteiger partial charge is 0.349 e. The highest BCUT2D eigenvalue weighted by molar-refractivity contribution is 5.81. The first-order valence-electron chi connectivity index (χ1n) is 7.86. The summed E-state index contributed by atoms with van der Waals surface area (Å²) in [5.74, 6) is 0.287. The Balaban J connectivity index is 1.39. The molecule has 3 fully saturated rings. The van der Waals surface area contributed by atoms with Crippen molar-refractivity contribution in [2.24, 2.45) is 5.92 Å². The Kier molecular flexibility index (Phi) is 4.02. The van der Waals surface area contributed by atoms with E-state index in [9.17, 15) is 4.79 Å². The van der Waals surface area contributed by atoms with Gasteiger partial charge < -0.3 is 19.7 Å². The molecular weight excluding hydrogens is 256 g/mol. The van der Waals surface area contributed by atoms with Gasteiger partial charge in [-0.1, -0.05) is 0 Å². The Labute approximate surface area is 121 Å². The Hall–Kier alpha value is -0.650. The van der Waals surface area contributed by atoms with Crippen LogP contribution in [0.15, 0.2) is 0 Å². The average molecular weight is 282 g/mol. The van der Waals surface area contributed by atoms with Crippen molar-refractivity contribution in [1.29, 1.82) is 0 Å². The van der Waals surface area contributed by atoms with Gasteiger partial charge in [0.15, 0.2) is 5.79 Å². The van der Waals surface area contributed by atoms with Gasteiger partial charge in [-0.3, -0.25) is 4.79 Å². The molecule has 114 valence electrons. The van der Waals surface area contributed by atoms with Crippen LogP contribution in [0.4, 0.5) is 0 Å². The molecular formula is C15H26N2O3. The zero-order valence-corrected chi connectivity index (χ0v) is 12.6. The van der Waals surface area contributed by atoms with Crippen LogP contribution in [-0.2, 0) is 14.3 Å². The summed E-state index contributed by atoms with van der Waals surface area (Å²) in [7, 11) is 0. The van der Waals surface area contributed by atoms with Crippen LogP contribution in [0, 0.1) is 5.92 Å². The minimum atomic E-state index is -0.446. The van der Waals surface area contributed by atoms with Crippen molar-refractivity contribution in [3.05, 3.63) is 0 Å². The minimum Gasteiger partial charge on any atom is -0.349 e. The standard InChI is InChI=1S/C15H26N2O3/c1-15(2)19-9-13(10-20-15)16-12-5-7-17(8-6-12)14(18)11-3-4-11/h11-13,16H,3-10H2,1-2H3. The predicted octanol–water partition coefficient (Wildman–Crippen LogP) is 1.13. The van der Waals surface area contributed by atoms with Crippen molar-refractivity contribution < 1.29 is 14.3 Å². The lowest BCUT2D eigenvalue weighted by Gasteiger charge is -2.39. The fourth-order valence-electron chi connectivity index (χ4n) is 2.98. The molecule has 5 nitrogen and oxygen atoms in total. The second kappa shape index (κ2) is 5.62. The number of amides is 1. The van der Waals surface area contributed by atoms with Crippen molar-refractivity contribution in [3.63, 3.8) is 0 Å². The Bertz CT molecular complexity index is 350. The number of likely N-dealkylation sites (tertiary alicyclic amines) is 1. The van der Waals surface area contributed by atoms with Crippen LogP contribution in [0.2, 0.25) is 0 Å². The van der Waals surface area contributed by atoms with Crippen LogP contribution in [-0.4, -0.2) is 55.0 Å². The van der Waals surface area contributed by atoms with E-state index in [4.69, 9.17) is 9.47 Å². The molecule has 0 spiro atoms. The normalized spacial score (nSPS) is 28.6. The van der Waals surface area contributed by atoms with Crippen molar-refractivity contribution in [2.45, 2.75) is 57.4 Å². The number of ether oxygens (including phenoxy) is 2. The summed E-state index contributed by atoms with van der Waals surface area (Å²) in [5, 5.41) is 3.61. The van der Waals surface area contributed by atoms with Gasteiger partial charge in [-0.2, -0.15) is 0 Å². The molecule has 2 heterocycles. The molecule has 0 aromatic heterocycles. The Morgan fingerprint density at radius 3 is 2.20 bits per heavy atom. The number of hydrogen-bond acceptors (Lipinski definition) is 4. The molecule has 0 aromatic rings. The highest BCUT2D eigenvalue weighted by Crippen LogP contribution is 2.32. The van der Waals surface area contributed by atoms with Gasteiger partial charge in [-0.05, 0) is 39.5 Å². The summed E-state index contributed by atoms with van der Waals surface area (Å²) in [6.45, 7) is 7.10. The second-order valence-corrected chi connectivity index (χ2v) is 6.76. The fraction of sp³-hybridized carbons (Fsp3) is 0.933. The van der Waals surface area contributed by atoms with E-state index >= 15 is 0 Å². The van der Waals surface area contributed by atoms with Gasteiger partial charge >= 0.3 is 0 Å². The van der Waals surface area contributed by atoms with Gasteiger partial charge in [-0.15, -0.1) is 0 Å². The molecule has 2 saturated heterocycles. The van der Waals surface area contributed by atoms with Crippen molar-refractivity contribution in [2.75, 3.05) is 26.3 Å². The second-order valence-electron chi connectivity index (χ2n) is 6.76. The number of carbonyl (C=O) groups is 1. The SMILES string of the molecule is CC1(C)OCC(NC2CCN(C(=O)C3CC3)CC2)CO1. The van der Waals surface area contributed by atoms with Crippen LogP contribution in [0.5, 0.6) is 0 Å². The van der Waals surface area contributed by atoms with Crippen LogP contribution in [0.1, 0.15) is 39.5 Å². The van der Waals surface area contributed by atoms with Gasteiger partial charge in [0, 0.05) is 25.0 Å². The van der Waals surface area contributed by atoms with Gasteiger partial charge in [0.2, 0.25) is 5.91 Å². The van der Waals surface area contributed by atoms with E-state index < -0.39 is 5.79 Å². The molecule has 1 aliphatic carbocycles. The minimum absolute atomic E-state index is 0.277. The van der Waals surface area contributed by atoms with Crippen molar-refractivity contribution in [3.8, 4) is 0 Å². The maximum Gasteiger partial charge on any atom is 0.225 e. The monoisotopic (exact) mass is 282 g/mol. The first-order valence-corrected chi connectivity index (χ1v) is 7.86. The fourth-order valence-corrected chi connectivity index (χ4v) is 2.98. The van der Waals surface area contributed by atoms with Crippen LogP contribution in [0.3, 0.4) is 0 Å². The van der Waals surface area contributed by atoms with E-state index in [0.717, 1.165) is 38.8 Å². The summed E-state index contributed by atoms with van der Waals surface area (Å²) < 4.78 is 11.3. The lowest BCUT2D eigenvalue weighted by atomic mass is 10.0. The molecule has 3 aliphatic rings. The van der Waals surface area contributed by atoms with Gasteiger partial charge in [0.05, 0.1) is 19.3 Å². The number of carbonyl (C=O) groups excluding carboxylic acids is 1. The molecule has 0 aromatic carbocycles.